The lowest BCUT2D eigenvalue weighted by Gasteiger charge is -2.53. The molecule has 1 spiro atoms. The summed E-state index contributed by atoms with van der Waals surface area (Å²) < 4.78 is 4.76. The van der Waals surface area contributed by atoms with Crippen LogP contribution in [0.4, 0.5) is 0 Å². The van der Waals surface area contributed by atoms with Gasteiger partial charge in [0.05, 0.1) is 0 Å². The number of hydrogen-bond donors (Lipinski definition) is 3. The molecule has 72 valence electrons. The van der Waals surface area contributed by atoms with E-state index in [9.17, 15) is 0 Å². The fraction of sp³-hybridized carbons (Fsp3) is 0.778. The van der Waals surface area contributed by atoms with Crippen LogP contribution in [0.2, 0.25) is 0 Å². The summed E-state index contributed by atoms with van der Waals surface area (Å²) in [6.07, 6.45) is 6.11. The van der Waals surface area contributed by atoms with Crippen molar-refractivity contribution in [3.63, 3.8) is 0 Å². The lowest BCUT2D eigenvalue weighted by molar-refractivity contribution is -0.00232. The number of rotatable bonds is 1. The lowest BCUT2D eigenvalue weighted by Crippen LogP contribution is -2.46. The third kappa shape index (κ3) is 1.41. The Morgan fingerprint density at radius 3 is 2.31 bits per heavy atom. The molecule has 4 N–H and O–H groups in total. The van der Waals surface area contributed by atoms with Gasteiger partial charge in [0.15, 0.2) is 5.90 Å². The summed E-state index contributed by atoms with van der Waals surface area (Å²) in [6.45, 7) is 0. The smallest absolute Gasteiger partial charge is 0.285 e. The van der Waals surface area contributed by atoms with Crippen LogP contribution in [0.15, 0.2) is 0 Å². The fourth-order valence-electron chi connectivity index (χ4n) is 2.46. The highest BCUT2D eigenvalue weighted by molar-refractivity contribution is 5.88. The van der Waals surface area contributed by atoms with Gasteiger partial charge in [0, 0.05) is 5.92 Å². The van der Waals surface area contributed by atoms with Crippen molar-refractivity contribution in [1.82, 2.24) is 0 Å². The zero-order valence-electron chi connectivity index (χ0n) is 7.60. The first-order valence-electron chi connectivity index (χ1n) is 4.72. The molecule has 0 saturated heterocycles. The predicted molar refractivity (Wildman–Crippen MR) is 49.7 cm³/mol. The molecule has 0 aromatic heterocycles. The summed E-state index contributed by atoms with van der Waals surface area (Å²) in [6, 6.07) is -0.362. The molecule has 0 bridgehead atoms. The van der Waals surface area contributed by atoms with Gasteiger partial charge in [-0.05, 0) is 31.1 Å². The quantitative estimate of drug-likeness (QED) is 0.422. The molecule has 2 aliphatic rings. The van der Waals surface area contributed by atoms with Gasteiger partial charge < -0.3 is 10.5 Å². The first-order valence-corrected chi connectivity index (χ1v) is 4.72. The van der Waals surface area contributed by atoms with Crippen molar-refractivity contribution < 1.29 is 4.74 Å². The monoisotopic (exact) mass is 181 g/mol. The molecular formula is C9H15N3O. The Kier molecular flexibility index (Phi) is 1.78. The summed E-state index contributed by atoms with van der Waals surface area (Å²) in [5, 5.41) is 14.4. The Morgan fingerprint density at radius 2 is 1.92 bits per heavy atom. The van der Waals surface area contributed by atoms with Gasteiger partial charge in [0.1, 0.15) is 0 Å². The minimum atomic E-state index is -0.362. The minimum absolute atomic E-state index is 0.185. The first kappa shape index (κ1) is 8.53. The molecule has 0 atom stereocenters. The molecule has 4 nitrogen and oxygen atoms in total. The SMILES string of the molecule is N=C(N)OC(=N)C1CC2(CCC2)C1. The number of hydrogen-bond acceptors (Lipinski definition) is 3. The van der Waals surface area contributed by atoms with Crippen molar-refractivity contribution in [3.8, 4) is 0 Å². The molecule has 0 aliphatic heterocycles. The molecule has 2 fully saturated rings. The predicted octanol–water partition coefficient (Wildman–Crippen LogP) is 1.45. The summed E-state index contributed by atoms with van der Waals surface area (Å²) in [4.78, 5) is 0. The van der Waals surface area contributed by atoms with E-state index >= 15 is 0 Å². The van der Waals surface area contributed by atoms with E-state index in [0.29, 0.717) is 5.41 Å². The number of amidine groups is 1. The van der Waals surface area contributed by atoms with Gasteiger partial charge in [-0.15, -0.1) is 0 Å². The second-order valence-corrected chi connectivity index (χ2v) is 4.29. The van der Waals surface area contributed by atoms with E-state index in [0.717, 1.165) is 12.8 Å². The number of nitrogens with one attached hydrogen (secondary N) is 2. The Bertz CT molecular complexity index is 250. The second-order valence-electron chi connectivity index (χ2n) is 4.29. The molecule has 2 aliphatic carbocycles. The zero-order valence-corrected chi connectivity index (χ0v) is 7.60. The summed E-state index contributed by atoms with van der Waals surface area (Å²) in [5.41, 5.74) is 5.60. The third-order valence-electron chi connectivity index (χ3n) is 3.36. The van der Waals surface area contributed by atoms with Gasteiger partial charge in [0.2, 0.25) is 0 Å². The molecule has 0 heterocycles. The molecule has 2 saturated carbocycles. The Balaban J connectivity index is 1.79. The molecule has 4 heteroatoms. The average Bonchev–Trinajstić information content (AvgIpc) is 1.77. The van der Waals surface area contributed by atoms with Crippen molar-refractivity contribution in [1.29, 1.82) is 10.8 Å². The van der Waals surface area contributed by atoms with Crippen LogP contribution in [-0.2, 0) is 4.74 Å². The maximum Gasteiger partial charge on any atom is 0.285 e. The zero-order chi connectivity index (χ0) is 9.47. The highest BCUT2D eigenvalue weighted by Crippen LogP contribution is 2.58. The maximum absolute atomic E-state index is 7.51. The molecule has 0 aromatic carbocycles. The summed E-state index contributed by atoms with van der Waals surface area (Å²) >= 11 is 0. The van der Waals surface area contributed by atoms with Gasteiger partial charge in [-0.1, -0.05) is 6.42 Å². The van der Waals surface area contributed by atoms with Crippen LogP contribution in [0.25, 0.3) is 0 Å². The van der Waals surface area contributed by atoms with Gasteiger partial charge in [-0.2, -0.15) is 0 Å². The van der Waals surface area contributed by atoms with Crippen molar-refractivity contribution in [3.05, 3.63) is 0 Å². The van der Waals surface area contributed by atoms with Crippen molar-refractivity contribution >= 4 is 11.9 Å². The van der Waals surface area contributed by atoms with Gasteiger partial charge in [-0.3, -0.25) is 10.8 Å². The third-order valence-corrected chi connectivity index (χ3v) is 3.36. The molecule has 0 radical (unpaired) electrons. The van der Waals surface area contributed by atoms with E-state index < -0.39 is 0 Å². The Labute approximate surface area is 77.5 Å². The van der Waals surface area contributed by atoms with E-state index in [1.165, 1.54) is 19.3 Å². The van der Waals surface area contributed by atoms with Crippen molar-refractivity contribution in [2.45, 2.75) is 32.1 Å². The second kappa shape index (κ2) is 2.72. The first-order chi connectivity index (χ1) is 6.11. The lowest BCUT2D eigenvalue weighted by atomic mass is 9.52. The summed E-state index contributed by atoms with van der Waals surface area (Å²) in [7, 11) is 0. The van der Waals surface area contributed by atoms with Gasteiger partial charge >= 0.3 is 0 Å². The van der Waals surface area contributed by atoms with Crippen LogP contribution in [-0.4, -0.2) is 11.9 Å². The maximum atomic E-state index is 7.51. The molecule has 0 amide bonds. The summed E-state index contributed by atoms with van der Waals surface area (Å²) in [5.74, 6) is 0.411. The number of ether oxygens (including phenoxy) is 1. The van der Waals surface area contributed by atoms with Crippen LogP contribution in [0.3, 0.4) is 0 Å². The van der Waals surface area contributed by atoms with E-state index in [1.807, 2.05) is 0 Å². The van der Waals surface area contributed by atoms with E-state index in [-0.39, 0.29) is 17.8 Å². The van der Waals surface area contributed by atoms with E-state index in [2.05, 4.69) is 0 Å². The van der Waals surface area contributed by atoms with Gasteiger partial charge in [-0.25, -0.2) is 0 Å². The van der Waals surface area contributed by atoms with Crippen molar-refractivity contribution in [2.24, 2.45) is 17.1 Å². The molecule has 0 aromatic rings. The van der Waals surface area contributed by atoms with Gasteiger partial charge in [0.25, 0.3) is 6.02 Å². The molecule has 2 rings (SSSR count). The highest BCUT2D eigenvalue weighted by Gasteiger charge is 2.50. The molecule has 0 unspecified atom stereocenters. The Hall–Kier alpha value is -1.06. The minimum Gasteiger partial charge on any atom is -0.412 e. The van der Waals surface area contributed by atoms with Crippen LogP contribution in [0, 0.1) is 22.2 Å². The van der Waals surface area contributed by atoms with Crippen molar-refractivity contribution in [2.75, 3.05) is 0 Å². The largest absolute Gasteiger partial charge is 0.412 e. The molecular weight excluding hydrogens is 166 g/mol. The van der Waals surface area contributed by atoms with Crippen LogP contribution < -0.4 is 5.73 Å². The van der Waals surface area contributed by atoms with Crippen LogP contribution in [0.1, 0.15) is 32.1 Å². The Morgan fingerprint density at radius 1 is 1.31 bits per heavy atom. The normalized spacial score (nSPS) is 24.6. The number of nitrogens with two attached hydrogens (primary N) is 1. The van der Waals surface area contributed by atoms with Crippen LogP contribution >= 0.6 is 0 Å². The van der Waals surface area contributed by atoms with E-state index in [1.54, 1.807) is 0 Å². The highest BCUT2D eigenvalue weighted by atomic mass is 16.5. The van der Waals surface area contributed by atoms with Crippen LogP contribution in [0.5, 0.6) is 0 Å². The molecule has 13 heavy (non-hydrogen) atoms. The topological polar surface area (TPSA) is 83.0 Å². The fourth-order valence-corrected chi connectivity index (χ4v) is 2.46. The van der Waals surface area contributed by atoms with E-state index in [4.69, 9.17) is 21.3 Å². The average molecular weight is 181 g/mol. The standard InChI is InChI=1S/C9H15N3O/c10-7(13-8(11)12)6-4-9(5-6)2-1-3-9/h6,10H,1-5H2,(H3,11,12).